The molecule has 0 spiro atoms. The average molecular weight is 162 g/mol. The molecule has 0 radical (unpaired) electrons. The molecular weight excluding hydrogens is 152 g/mol. The first-order chi connectivity index (χ1) is 4.84. The average Bonchev–Trinajstić information content (AvgIpc) is 2.05. The molecule has 0 atom stereocenters. The van der Waals surface area contributed by atoms with E-state index in [1.165, 1.54) is 4.41 Å². The Morgan fingerprint density at radius 2 is 2.10 bits per heavy atom. The van der Waals surface area contributed by atoms with E-state index in [1.807, 2.05) is 5.01 Å². The maximum atomic E-state index is 10.2. The monoisotopic (exact) mass is 162 g/mol. The van der Waals surface area contributed by atoms with Gasteiger partial charge in [-0.25, -0.2) is 9.42 Å². The van der Waals surface area contributed by atoms with E-state index in [0.29, 0.717) is 19.6 Å². The van der Waals surface area contributed by atoms with Gasteiger partial charge in [-0.05, 0) is 12.8 Å². The molecule has 0 unspecified atom stereocenters. The number of carbonyl (C=O) groups excluding carboxylic acids is 1. The number of hydrogen-bond acceptors (Lipinski definition) is 4. The number of amides is 1. The van der Waals surface area contributed by atoms with Gasteiger partial charge in [-0.1, -0.05) is 0 Å². The minimum absolute atomic E-state index is 0.672. The first kappa shape index (κ1) is 7.84. The molecule has 1 aliphatic rings. The van der Waals surface area contributed by atoms with Crippen LogP contribution >= 0.6 is 12.8 Å². The Kier molecular flexibility index (Phi) is 2.98. The van der Waals surface area contributed by atoms with Crippen molar-refractivity contribution >= 4 is 19.2 Å². The molecule has 1 amide bonds. The largest absolute Gasteiger partial charge is 0.379 e. The van der Waals surface area contributed by atoms with Crippen LogP contribution < -0.4 is 0 Å². The summed E-state index contributed by atoms with van der Waals surface area (Å²) in [5, 5.41) is 1.82. The highest BCUT2D eigenvalue weighted by atomic mass is 32.1. The Hall–Kier alpha value is -0.260. The second-order valence-corrected chi connectivity index (χ2v) is 2.40. The molecular formula is C5H10N2O2S. The number of morpholine rings is 1. The summed E-state index contributed by atoms with van der Waals surface area (Å²) in [5.74, 6) is 0. The summed E-state index contributed by atoms with van der Waals surface area (Å²) in [4.78, 5) is 10.2. The number of rotatable bonds is 2. The van der Waals surface area contributed by atoms with Crippen LogP contribution in [0, 0.1) is 0 Å². The van der Waals surface area contributed by atoms with Crippen LogP contribution in [-0.4, -0.2) is 42.1 Å². The zero-order valence-corrected chi connectivity index (χ0v) is 6.46. The smallest absolute Gasteiger partial charge is 0.234 e. The van der Waals surface area contributed by atoms with E-state index in [2.05, 4.69) is 12.8 Å². The Bertz CT molecular complexity index is 116. The van der Waals surface area contributed by atoms with Gasteiger partial charge < -0.3 is 4.74 Å². The molecule has 1 heterocycles. The molecule has 5 heteroatoms. The first-order valence-corrected chi connectivity index (χ1v) is 3.50. The molecule has 0 aliphatic carbocycles. The molecule has 0 aromatic rings. The van der Waals surface area contributed by atoms with Crippen LogP contribution in [0.4, 0.5) is 0 Å². The van der Waals surface area contributed by atoms with Crippen LogP contribution in [0.1, 0.15) is 0 Å². The van der Waals surface area contributed by atoms with Gasteiger partial charge in [-0.3, -0.25) is 4.79 Å². The lowest BCUT2D eigenvalue weighted by molar-refractivity contribution is -0.127. The first-order valence-electron chi connectivity index (χ1n) is 3.10. The van der Waals surface area contributed by atoms with Crippen molar-refractivity contribution in [1.82, 2.24) is 9.42 Å². The van der Waals surface area contributed by atoms with Crippen LogP contribution in [-0.2, 0) is 9.53 Å². The lowest BCUT2D eigenvalue weighted by atomic mass is 10.5. The van der Waals surface area contributed by atoms with Gasteiger partial charge in [-0.15, -0.1) is 0 Å². The van der Waals surface area contributed by atoms with Crippen LogP contribution in [0.25, 0.3) is 0 Å². The van der Waals surface area contributed by atoms with E-state index in [-0.39, 0.29) is 0 Å². The van der Waals surface area contributed by atoms with Crippen molar-refractivity contribution in [1.29, 1.82) is 0 Å². The minimum atomic E-state index is 0.672. The second kappa shape index (κ2) is 3.80. The topological polar surface area (TPSA) is 32.8 Å². The SMILES string of the molecule is O=CN(S)N1CCOCC1. The molecule has 0 N–H and O–H groups in total. The van der Waals surface area contributed by atoms with Crippen molar-refractivity contribution in [2.75, 3.05) is 26.3 Å². The highest BCUT2D eigenvalue weighted by Gasteiger charge is 2.13. The fourth-order valence-corrected chi connectivity index (χ4v) is 1.00. The van der Waals surface area contributed by atoms with Gasteiger partial charge in [-0.2, -0.15) is 0 Å². The Morgan fingerprint density at radius 1 is 1.50 bits per heavy atom. The van der Waals surface area contributed by atoms with E-state index in [4.69, 9.17) is 4.74 Å². The third-order valence-corrected chi connectivity index (χ3v) is 1.72. The molecule has 0 bridgehead atoms. The fourth-order valence-electron chi connectivity index (χ4n) is 0.825. The lowest BCUT2D eigenvalue weighted by Crippen LogP contribution is -2.43. The maximum absolute atomic E-state index is 10.2. The van der Waals surface area contributed by atoms with Gasteiger partial charge in [0.2, 0.25) is 6.41 Å². The second-order valence-electron chi connectivity index (χ2n) is 1.99. The summed E-state index contributed by atoms with van der Waals surface area (Å²) >= 11 is 3.91. The van der Waals surface area contributed by atoms with Crippen LogP contribution in [0.15, 0.2) is 0 Å². The Labute approximate surface area is 65.2 Å². The zero-order chi connectivity index (χ0) is 7.40. The van der Waals surface area contributed by atoms with Gasteiger partial charge in [0.25, 0.3) is 0 Å². The summed E-state index contributed by atoms with van der Waals surface area (Å²) in [6.07, 6.45) is 0.675. The summed E-state index contributed by atoms with van der Waals surface area (Å²) in [6, 6.07) is 0. The quantitative estimate of drug-likeness (QED) is 0.440. The summed E-state index contributed by atoms with van der Waals surface area (Å²) in [5.41, 5.74) is 0. The summed E-state index contributed by atoms with van der Waals surface area (Å²) in [7, 11) is 0. The van der Waals surface area contributed by atoms with Crippen LogP contribution in [0.5, 0.6) is 0 Å². The molecule has 0 aromatic carbocycles. The third-order valence-electron chi connectivity index (χ3n) is 1.37. The van der Waals surface area contributed by atoms with Crippen molar-refractivity contribution in [3.8, 4) is 0 Å². The molecule has 58 valence electrons. The predicted molar refractivity (Wildman–Crippen MR) is 39.3 cm³/mol. The Morgan fingerprint density at radius 3 is 2.60 bits per heavy atom. The van der Waals surface area contributed by atoms with E-state index in [1.54, 1.807) is 0 Å². The number of hydrogen-bond donors (Lipinski definition) is 1. The molecule has 1 fully saturated rings. The van der Waals surface area contributed by atoms with E-state index in [9.17, 15) is 4.79 Å². The number of thiol groups is 1. The highest BCUT2D eigenvalue weighted by Crippen LogP contribution is 2.01. The highest BCUT2D eigenvalue weighted by molar-refractivity contribution is 7.78. The molecule has 0 aromatic heterocycles. The van der Waals surface area contributed by atoms with Crippen LogP contribution in [0.3, 0.4) is 0 Å². The van der Waals surface area contributed by atoms with Gasteiger partial charge in [0, 0.05) is 13.1 Å². The minimum Gasteiger partial charge on any atom is -0.379 e. The van der Waals surface area contributed by atoms with Crippen molar-refractivity contribution in [3.63, 3.8) is 0 Å². The lowest BCUT2D eigenvalue weighted by Gasteiger charge is -2.30. The van der Waals surface area contributed by atoms with Gasteiger partial charge >= 0.3 is 0 Å². The summed E-state index contributed by atoms with van der Waals surface area (Å²) in [6.45, 7) is 2.82. The fraction of sp³-hybridized carbons (Fsp3) is 0.800. The van der Waals surface area contributed by atoms with Crippen molar-refractivity contribution in [3.05, 3.63) is 0 Å². The predicted octanol–water partition coefficient (Wildman–Crippen LogP) is -0.463. The molecule has 1 rings (SSSR count). The Balaban J connectivity index is 2.30. The molecule has 4 nitrogen and oxygen atoms in total. The van der Waals surface area contributed by atoms with Crippen molar-refractivity contribution in [2.45, 2.75) is 0 Å². The van der Waals surface area contributed by atoms with Gasteiger partial charge in [0.05, 0.1) is 13.2 Å². The maximum Gasteiger partial charge on any atom is 0.234 e. The van der Waals surface area contributed by atoms with Gasteiger partial charge in [0.1, 0.15) is 0 Å². The van der Waals surface area contributed by atoms with Gasteiger partial charge in [0.15, 0.2) is 0 Å². The number of carbonyl (C=O) groups is 1. The number of hydrazine groups is 1. The molecule has 10 heavy (non-hydrogen) atoms. The zero-order valence-electron chi connectivity index (χ0n) is 5.56. The molecule has 1 saturated heterocycles. The summed E-state index contributed by atoms with van der Waals surface area (Å²) < 4.78 is 6.33. The van der Waals surface area contributed by atoms with Crippen molar-refractivity contribution in [2.24, 2.45) is 0 Å². The van der Waals surface area contributed by atoms with Crippen molar-refractivity contribution < 1.29 is 9.53 Å². The normalized spacial score (nSPS) is 20.5. The number of nitrogens with zero attached hydrogens (tertiary/aromatic N) is 2. The van der Waals surface area contributed by atoms with Crippen LogP contribution in [0.2, 0.25) is 0 Å². The number of ether oxygens (including phenoxy) is 1. The van der Waals surface area contributed by atoms with E-state index in [0.717, 1.165) is 13.1 Å². The standard InChI is InChI=1S/C5H10N2O2S/c8-5-7(10)6-1-3-9-4-2-6/h5,10H,1-4H2. The third kappa shape index (κ3) is 1.86. The van der Waals surface area contributed by atoms with E-state index < -0.39 is 0 Å². The van der Waals surface area contributed by atoms with E-state index >= 15 is 0 Å². The molecule has 0 saturated carbocycles. The molecule has 1 aliphatic heterocycles.